The van der Waals surface area contributed by atoms with Crippen LogP contribution in [0.2, 0.25) is 0 Å². The molecular formula is C25H25NO5. The van der Waals surface area contributed by atoms with E-state index in [1.807, 2.05) is 61.5 Å². The van der Waals surface area contributed by atoms with E-state index in [2.05, 4.69) is 0 Å². The molecule has 0 saturated heterocycles. The van der Waals surface area contributed by atoms with Gasteiger partial charge in [0.25, 0.3) is 0 Å². The Labute approximate surface area is 181 Å². The monoisotopic (exact) mass is 419 g/mol. The van der Waals surface area contributed by atoms with E-state index < -0.39 is 0 Å². The average molecular weight is 419 g/mol. The maximum absolute atomic E-state index is 10.8. The minimum absolute atomic E-state index is 0.220. The van der Waals surface area contributed by atoms with Crippen molar-refractivity contribution in [3.05, 3.63) is 82.4 Å². The number of hydrogen-bond acceptors (Lipinski definition) is 6. The third kappa shape index (κ3) is 3.69. The number of rotatable bonds is 5. The zero-order chi connectivity index (χ0) is 21.4. The molecule has 1 atom stereocenters. The van der Waals surface area contributed by atoms with E-state index in [1.165, 1.54) is 5.06 Å². The Balaban J connectivity index is 1.51. The lowest BCUT2D eigenvalue weighted by atomic mass is 9.87. The van der Waals surface area contributed by atoms with Crippen LogP contribution in [0.15, 0.2) is 54.6 Å². The Bertz CT molecular complexity index is 1100. The first-order valence-electron chi connectivity index (χ1n) is 10.4. The molecule has 3 aromatic rings. The van der Waals surface area contributed by atoms with Crippen LogP contribution in [0.25, 0.3) is 0 Å². The van der Waals surface area contributed by atoms with Crippen LogP contribution in [0.4, 0.5) is 0 Å². The predicted octanol–water partition coefficient (Wildman–Crippen LogP) is 4.65. The fraction of sp³-hybridized carbons (Fsp3) is 0.280. The van der Waals surface area contributed by atoms with Crippen molar-refractivity contribution in [2.45, 2.75) is 26.0 Å². The molecule has 0 aromatic heterocycles. The van der Waals surface area contributed by atoms with Crippen LogP contribution in [0.5, 0.6) is 23.0 Å². The van der Waals surface area contributed by atoms with Gasteiger partial charge in [-0.25, -0.2) is 0 Å². The molecule has 6 heteroatoms. The molecule has 0 fully saturated rings. The molecule has 0 bridgehead atoms. The zero-order valence-electron chi connectivity index (χ0n) is 17.6. The number of methoxy groups -OCH3 is 1. The second-order valence-electron chi connectivity index (χ2n) is 7.85. The van der Waals surface area contributed by atoms with Crippen molar-refractivity contribution in [2.24, 2.45) is 0 Å². The van der Waals surface area contributed by atoms with Gasteiger partial charge in [-0.3, -0.25) is 0 Å². The molecule has 1 N–H and O–H groups in total. The molecule has 0 aliphatic carbocycles. The Morgan fingerprint density at radius 1 is 1.00 bits per heavy atom. The number of hydrogen-bond donors (Lipinski definition) is 1. The maximum atomic E-state index is 10.8. The van der Waals surface area contributed by atoms with Crippen LogP contribution < -0.4 is 18.9 Å². The highest BCUT2D eigenvalue weighted by molar-refractivity contribution is 5.55. The maximum Gasteiger partial charge on any atom is 0.231 e. The first-order valence-corrected chi connectivity index (χ1v) is 10.4. The number of ether oxygens (including phenoxy) is 4. The van der Waals surface area contributed by atoms with Crippen molar-refractivity contribution >= 4 is 0 Å². The largest absolute Gasteiger partial charge is 0.493 e. The lowest BCUT2D eigenvalue weighted by molar-refractivity contribution is -0.121. The van der Waals surface area contributed by atoms with Crippen molar-refractivity contribution < 1.29 is 24.2 Å². The van der Waals surface area contributed by atoms with Gasteiger partial charge < -0.3 is 24.2 Å². The van der Waals surface area contributed by atoms with Gasteiger partial charge in [-0.05, 0) is 65.4 Å². The third-order valence-electron chi connectivity index (χ3n) is 5.92. The second-order valence-corrected chi connectivity index (χ2v) is 7.85. The number of aryl methyl sites for hydroxylation is 1. The lowest BCUT2D eigenvalue weighted by Gasteiger charge is -2.34. The summed E-state index contributed by atoms with van der Waals surface area (Å²) in [6.45, 7) is 3.23. The molecular weight excluding hydrogens is 394 g/mol. The fourth-order valence-electron chi connectivity index (χ4n) is 4.30. The number of fused-ring (bicyclic) bond motifs is 2. The minimum atomic E-state index is -0.324. The van der Waals surface area contributed by atoms with Gasteiger partial charge in [0.15, 0.2) is 23.0 Å². The van der Waals surface area contributed by atoms with E-state index >= 15 is 0 Å². The van der Waals surface area contributed by atoms with Crippen molar-refractivity contribution in [3.63, 3.8) is 0 Å². The van der Waals surface area contributed by atoms with Gasteiger partial charge in [-0.1, -0.05) is 30.3 Å². The zero-order valence-corrected chi connectivity index (χ0v) is 17.6. The molecule has 31 heavy (non-hydrogen) atoms. The van der Waals surface area contributed by atoms with E-state index in [4.69, 9.17) is 18.9 Å². The van der Waals surface area contributed by atoms with Gasteiger partial charge in [0, 0.05) is 6.54 Å². The molecule has 3 aromatic carbocycles. The Morgan fingerprint density at radius 3 is 2.55 bits per heavy atom. The molecule has 0 saturated carbocycles. The smallest absolute Gasteiger partial charge is 0.231 e. The standard InChI is InChI=1S/C25H25NO5/c1-16-10-22-24(31-15-30-22)12-19(16)25-20-13-21(28-2)23(11-18(20)8-9-26(25)27)29-14-17-6-4-3-5-7-17/h3-7,10-13,25,27H,8-9,14-15H2,1-2H3. The van der Waals surface area contributed by atoms with Gasteiger partial charge >= 0.3 is 0 Å². The number of nitrogens with zero attached hydrogens (tertiary/aromatic N) is 1. The molecule has 0 amide bonds. The fourth-order valence-corrected chi connectivity index (χ4v) is 4.30. The molecule has 2 aliphatic heterocycles. The highest BCUT2D eigenvalue weighted by atomic mass is 16.7. The quantitative estimate of drug-likeness (QED) is 0.650. The number of hydroxylamine groups is 2. The summed E-state index contributed by atoms with van der Waals surface area (Å²) in [7, 11) is 1.64. The summed E-state index contributed by atoms with van der Waals surface area (Å²) in [5.74, 6) is 2.80. The van der Waals surface area contributed by atoms with Crippen molar-refractivity contribution in [3.8, 4) is 23.0 Å². The molecule has 0 radical (unpaired) electrons. The SMILES string of the molecule is COc1cc2c(cc1OCc1ccccc1)CCN(O)C2c1cc2c(cc1C)OCO2. The van der Waals surface area contributed by atoms with Gasteiger partial charge in [-0.2, -0.15) is 5.06 Å². The Hall–Kier alpha value is -3.22. The lowest BCUT2D eigenvalue weighted by Crippen LogP contribution is -2.33. The molecule has 2 heterocycles. The van der Waals surface area contributed by atoms with Crippen LogP contribution in [0.3, 0.4) is 0 Å². The van der Waals surface area contributed by atoms with E-state index in [0.29, 0.717) is 30.4 Å². The second kappa shape index (κ2) is 8.13. The summed E-state index contributed by atoms with van der Waals surface area (Å²) in [4.78, 5) is 0. The summed E-state index contributed by atoms with van der Waals surface area (Å²) in [5, 5.41) is 12.2. The average Bonchev–Trinajstić information content (AvgIpc) is 3.24. The van der Waals surface area contributed by atoms with Crippen molar-refractivity contribution in [1.82, 2.24) is 5.06 Å². The van der Waals surface area contributed by atoms with Crippen LogP contribution >= 0.6 is 0 Å². The van der Waals surface area contributed by atoms with E-state index in [1.54, 1.807) is 7.11 Å². The van der Waals surface area contributed by atoms with Gasteiger partial charge in [0.2, 0.25) is 6.79 Å². The normalized spacial score (nSPS) is 17.3. The van der Waals surface area contributed by atoms with E-state index in [-0.39, 0.29) is 12.8 Å². The summed E-state index contributed by atoms with van der Waals surface area (Å²) in [6, 6.07) is 17.7. The van der Waals surface area contributed by atoms with Crippen molar-refractivity contribution in [2.75, 3.05) is 20.4 Å². The van der Waals surface area contributed by atoms with Gasteiger partial charge in [0.1, 0.15) is 6.61 Å². The summed E-state index contributed by atoms with van der Waals surface area (Å²) >= 11 is 0. The van der Waals surface area contributed by atoms with Crippen LogP contribution in [0.1, 0.15) is 33.9 Å². The highest BCUT2D eigenvalue weighted by Crippen LogP contribution is 2.44. The van der Waals surface area contributed by atoms with Crippen LogP contribution in [-0.2, 0) is 13.0 Å². The molecule has 0 spiro atoms. The minimum Gasteiger partial charge on any atom is -0.493 e. The first kappa shape index (κ1) is 19.7. The Kier molecular flexibility index (Phi) is 5.18. The number of benzene rings is 3. The summed E-state index contributed by atoms with van der Waals surface area (Å²) in [5.41, 5.74) is 5.24. The molecule has 6 nitrogen and oxygen atoms in total. The van der Waals surface area contributed by atoms with Gasteiger partial charge in [-0.15, -0.1) is 0 Å². The topological polar surface area (TPSA) is 60.4 Å². The molecule has 160 valence electrons. The Morgan fingerprint density at radius 2 is 1.77 bits per heavy atom. The first-order chi connectivity index (χ1) is 15.1. The summed E-state index contributed by atoms with van der Waals surface area (Å²) < 4.78 is 22.8. The van der Waals surface area contributed by atoms with Crippen LogP contribution in [-0.4, -0.2) is 30.7 Å². The van der Waals surface area contributed by atoms with Crippen molar-refractivity contribution in [1.29, 1.82) is 0 Å². The van der Waals surface area contributed by atoms with E-state index in [0.717, 1.165) is 40.0 Å². The molecule has 5 rings (SSSR count). The third-order valence-corrected chi connectivity index (χ3v) is 5.92. The highest BCUT2D eigenvalue weighted by Gasteiger charge is 2.32. The molecule has 2 aliphatic rings. The van der Waals surface area contributed by atoms with Gasteiger partial charge in [0.05, 0.1) is 13.2 Å². The van der Waals surface area contributed by atoms with Crippen LogP contribution in [0, 0.1) is 6.92 Å². The molecule has 1 unspecified atom stereocenters. The summed E-state index contributed by atoms with van der Waals surface area (Å²) in [6.07, 6.45) is 0.720. The van der Waals surface area contributed by atoms with E-state index in [9.17, 15) is 5.21 Å². The predicted molar refractivity (Wildman–Crippen MR) is 115 cm³/mol.